The van der Waals surface area contributed by atoms with Crippen molar-refractivity contribution in [2.24, 2.45) is 0 Å². The van der Waals surface area contributed by atoms with E-state index in [0.717, 1.165) is 10.9 Å². The third-order valence-electron chi connectivity index (χ3n) is 5.11. The second-order valence-electron chi connectivity index (χ2n) is 7.14. The van der Waals surface area contributed by atoms with Crippen LogP contribution in [0.5, 0.6) is 11.5 Å². The lowest BCUT2D eigenvalue weighted by Crippen LogP contribution is -2.26. The number of amides is 1. The molecule has 0 aliphatic rings. The number of ether oxygens (including phenoxy) is 3. The molecule has 172 valence electrons. The summed E-state index contributed by atoms with van der Waals surface area (Å²) in [6, 6.07) is 12.8. The first-order valence-corrected chi connectivity index (χ1v) is 11.2. The van der Waals surface area contributed by atoms with Gasteiger partial charge in [-0.1, -0.05) is 30.0 Å². The number of aromatic nitrogens is 3. The molecule has 0 aliphatic heterocycles. The van der Waals surface area contributed by atoms with Gasteiger partial charge in [-0.15, -0.1) is 0 Å². The number of nitrogens with one attached hydrogen (secondary N) is 2. The van der Waals surface area contributed by atoms with Crippen molar-refractivity contribution in [3.63, 3.8) is 0 Å². The molecule has 2 aromatic heterocycles. The number of methoxy groups -OCH3 is 3. The van der Waals surface area contributed by atoms with Gasteiger partial charge in [0.1, 0.15) is 22.5 Å². The summed E-state index contributed by atoms with van der Waals surface area (Å²) in [6.07, 6.45) is 0. The first-order valence-electron chi connectivity index (χ1n) is 10.2. The Morgan fingerprint density at radius 2 is 1.97 bits per heavy atom. The fourth-order valence-corrected chi connectivity index (χ4v) is 4.31. The molecule has 0 saturated carbocycles. The molecule has 0 spiro atoms. The summed E-state index contributed by atoms with van der Waals surface area (Å²) in [5, 5.41) is 4.14. The second kappa shape index (κ2) is 9.97. The molecular weight excluding hydrogens is 444 g/mol. The number of aromatic amines is 1. The predicted octanol–water partition coefficient (Wildman–Crippen LogP) is 3.27. The van der Waals surface area contributed by atoms with E-state index in [-0.39, 0.29) is 17.2 Å². The molecule has 9 nitrogen and oxygen atoms in total. The lowest BCUT2D eigenvalue weighted by atomic mass is 10.2. The summed E-state index contributed by atoms with van der Waals surface area (Å²) in [5.74, 6) is 0.898. The highest BCUT2D eigenvalue weighted by Crippen LogP contribution is 2.29. The Hall–Kier alpha value is -3.50. The number of anilines is 1. The number of benzene rings is 2. The van der Waals surface area contributed by atoms with E-state index in [2.05, 4.69) is 10.3 Å². The van der Waals surface area contributed by atoms with Crippen LogP contribution in [0.4, 0.5) is 5.69 Å². The molecule has 1 amide bonds. The van der Waals surface area contributed by atoms with Crippen LogP contribution in [0.25, 0.3) is 21.9 Å². The van der Waals surface area contributed by atoms with Crippen LogP contribution in [0.3, 0.4) is 0 Å². The summed E-state index contributed by atoms with van der Waals surface area (Å²) in [4.78, 5) is 33.8. The van der Waals surface area contributed by atoms with Crippen molar-refractivity contribution in [2.45, 2.75) is 11.7 Å². The third kappa shape index (κ3) is 4.67. The lowest BCUT2D eigenvalue weighted by molar-refractivity contribution is -0.113. The molecule has 4 aromatic rings. The van der Waals surface area contributed by atoms with E-state index in [1.54, 1.807) is 32.4 Å². The van der Waals surface area contributed by atoms with Crippen molar-refractivity contribution in [3.8, 4) is 11.5 Å². The molecule has 0 saturated heterocycles. The third-order valence-corrected chi connectivity index (χ3v) is 6.08. The average molecular weight is 469 g/mol. The van der Waals surface area contributed by atoms with Gasteiger partial charge in [0, 0.05) is 24.1 Å². The number of nitrogens with zero attached hydrogens (tertiary/aromatic N) is 2. The average Bonchev–Trinajstić information content (AvgIpc) is 3.21. The Kier molecular flexibility index (Phi) is 6.85. The highest BCUT2D eigenvalue weighted by Gasteiger charge is 2.17. The Morgan fingerprint density at radius 1 is 1.15 bits per heavy atom. The van der Waals surface area contributed by atoms with Gasteiger partial charge in [-0.3, -0.25) is 14.2 Å². The Bertz CT molecular complexity index is 1360. The van der Waals surface area contributed by atoms with Crippen LogP contribution < -0.4 is 20.3 Å². The van der Waals surface area contributed by atoms with Gasteiger partial charge in [0.25, 0.3) is 5.56 Å². The summed E-state index contributed by atoms with van der Waals surface area (Å²) in [6.45, 7) is 0.662. The maximum atomic E-state index is 13.2. The zero-order chi connectivity index (χ0) is 23.4. The van der Waals surface area contributed by atoms with Gasteiger partial charge >= 0.3 is 0 Å². The molecule has 0 aliphatic carbocycles. The molecule has 2 aromatic carbocycles. The SMILES string of the molecule is COCCn1c(SCC(=O)Nc2cc(OC)ccc2OC)nc2c([nH]c3ccccc32)c1=O. The van der Waals surface area contributed by atoms with Crippen LogP contribution in [0.1, 0.15) is 0 Å². The Morgan fingerprint density at radius 3 is 2.73 bits per heavy atom. The van der Waals surface area contributed by atoms with Crippen molar-refractivity contribution in [3.05, 3.63) is 52.8 Å². The second-order valence-corrected chi connectivity index (χ2v) is 8.08. The van der Waals surface area contributed by atoms with Crippen molar-refractivity contribution in [1.29, 1.82) is 0 Å². The van der Waals surface area contributed by atoms with Crippen LogP contribution in [0.15, 0.2) is 52.4 Å². The minimum atomic E-state index is -0.266. The summed E-state index contributed by atoms with van der Waals surface area (Å²) in [7, 11) is 4.65. The minimum absolute atomic E-state index is 0.0493. The molecule has 4 rings (SSSR count). The maximum Gasteiger partial charge on any atom is 0.278 e. The molecule has 0 bridgehead atoms. The number of H-pyrrole nitrogens is 1. The van der Waals surface area contributed by atoms with E-state index in [0.29, 0.717) is 46.5 Å². The molecule has 0 radical (unpaired) electrons. The fraction of sp³-hybridized carbons (Fsp3) is 0.261. The van der Waals surface area contributed by atoms with Crippen LogP contribution in [0, 0.1) is 0 Å². The molecule has 2 heterocycles. The number of hydrogen-bond donors (Lipinski definition) is 2. The van der Waals surface area contributed by atoms with E-state index < -0.39 is 0 Å². The predicted molar refractivity (Wildman–Crippen MR) is 129 cm³/mol. The summed E-state index contributed by atoms with van der Waals surface area (Å²) in [5.41, 5.74) is 2.15. The number of carbonyl (C=O) groups is 1. The minimum Gasteiger partial charge on any atom is -0.497 e. The van der Waals surface area contributed by atoms with Gasteiger partial charge in [0.15, 0.2) is 5.16 Å². The van der Waals surface area contributed by atoms with Gasteiger partial charge in [-0.05, 0) is 18.2 Å². The van der Waals surface area contributed by atoms with Crippen molar-refractivity contribution in [2.75, 3.05) is 39.0 Å². The van der Waals surface area contributed by atoms with Gasteiger partial charge in [-0.2, -0.15) is 0 Å². The van der Waals surface area contributed by atoms with Crippen molar-refractivity contribution >= 4 is 45.3 Å². The number of hydrogen-bond acceptors (Lipinski definition) is 7. The molecule has 0 atom stereocenters. The smallest absolute Gasteiger partial charge is 0.278 e. The number of carbonyl (C=O) groups excluding carboxylic acids is 1. The molecule has 10 heteroatoms. The first kappa shape index (κ1) is 22.7. The van der Waals surface area contributed by atoms with E-state index in [1.165, 1.54) is 23.4 Å². The maximum absolute atomic E-state index is 13.2. The van der Waals surface area contributed by atoms with Gasteiger partial charge < -0.3 is 24.5 Å². The zero-order valence-corrected chi connectivity index (χ0v) is 19.3. The largest absolute Gasteiger partial charge is 0.497 e. The fourth-order valence-electron chi connectivity index (χ4n) is 3.49. The van der Waals surface area contributed by atoms with E-state index in [1.807, 2.05) is 24.3 Å². The van der Waals surface area contributed by atoms with Crippen LogP contribution in [0.2, 0.25) is 0 Å². The zero-order valence-electron chi connectivity index (χ0n) is 18.5. The number of fused-ring (bicyclic) bond motifs is 3. The monoisotopic (exact) mass is 468 g/mol. The molecule has 33 heavy (non-hydrogen) atoms. The van der Waals surface area contributed by atoms with Crippen LogP contribution >= 0.6 is 11.8 Å². The topological polar surface area (TPSA) is 107 Å². The van der Waals surface area contributed by atoms with E-state index >= 15 is 0 Å². The lowest BCUT2D eigenvalue weighted by Gasteiger charge is -2.13. The van der Waals surface area contributed by atoms with Gasteiger partial charge in [0.2, 0.25) is 5.91 Å². The van der Waals surface area contributed by atoms with Gasteiger partial charge in [0.05, 0.1) is 38.8 Å². The van der Waals surface area contributed by atoms with Crippen molar-refractivity contribution < 1.29 is 19.0 Å². The molecule has 0 unspecified atom stereocenters. The summed E-state index contributed by atoms with van der Waals surface area (Å²) >= 11 is 1.19. The standard InChI is InChI=1S/C23H24N4O5S/c1-30-11-10-27-22(29)21-20(15-6-4-5-7-16(15)25-21)26-23(27)33-13-19(28)24-17-12-14(31-2)8-9-18(17)32-3/h4-9,12,25H,10-11,13H2,1-3H3,(H,24,28). The first-order chi connectivity index (χ1) is 16.0. The van der Waals surface area contributed by atoms with Gasteiger partial charge in [-0.25, -0.2) is 4.98 Å². The number of para-hydroxylation sites is 1. The number of rotatable bonds is 9. The molecule has 0 fully saturated rings. The van der Waals surface area contributed by atoms with Crippen molar-refractivity contribution in [1.82, 2.24) is 14.5 Å². The quantitative estimate of drug-likeness (QED) is 0.287. The van der Waals surface area contributed by atoms with E-state index in [4.69, 9.17) is 19.2 Å². The normalized spacial score (nSPS) is 11.1. The molecular formula is C23H24N4O5S. The highest BCUT2D eigenvalue weighted by molar-refractivity contribution is 7.99. The Balaban J connectivity index is 1.63. The van der Waals surface area contributed by atoms with Crippen LogP contribution in [-0.2, 0) is 16.1 Å². The molecule has 2 N–H and O–H groups in total. The summed E-state index contributed by atoms with van der Waals surface area (Å²) < 4.78 is 17.2. The van der Waals surface area contributed by atoms with E-state index in [9.17, 15) is 9.59 Å². The number of thioether (sulfide) groups is 1. The highest BCUT2D eigenvalue weighted by atomic mass is 32.2. The van der Waals surface area contributed by atoms with Crippen LogP contribution in [-0.4, -0.2) is 54.1 Å². The Labute approximate surface area is 194 Å².